The highest BCUT2D eigenvalue weighted by atomic mass is 16.5. The number of aliphatic hydroxyl groups is 1. The molecule has 2 aromatic rings. The molecule has 0 heterocycles. The predicted octanol–water partition coefficient (Wildman–Crippen LogP) is 3.40. The molecule has 3 N–H and O–H groups in total. The fourth-order valence-electron chi connectivity index (χ4n) is 3.17. The Morgan fingerprint density at radius 1 is 1.17 bits per heavy atom. The third-order valence-corrected chi connectivity index (χ3v) is 4.74. The van der Waals surface area contributed by atoms with Gasteiger partial charge >= 0.3 is 0 Å². The third-order valence-electron chi connectivity index (χ3n) is 4.74. The third kappa shape index (κ3) is 6.26. The zero-order valence-corrected chi connectivity index (χ0v) is 18.4. The first kappa shape index (κ1) is 23.3. The van der Waals surface area contributed by atoms with Crippen LogP contribution in [0.15, 0.2) is 60.1 Å². The highest BCUT2D eigenvalue weighted by molar-refractivity contribution is 5.79. The summed E-state index contributed by atoms with van der Waals surface area (Å²) in [6.45, 7) is 9.11. The Kier molecular flexibility index (Phi) is 8.74. The Labute approximate surface area is 179 Å². The Bertz CT molecular complexity index is 848. The second-order valence-electron chi connectivity index (χ2n) is 7.17. The molecule has 0 aromatic heterocycles. The monoisotopic (exact) mass is 411 g/mol. The van der Waals surface area contributed by atoms with Gasteiger partial charge in [-0.05, 0) is 43.5 Å². The molecule has 1 atom stereocenters. The molecule has 0 aliphatic heterocycles. The van der Waals surface area contributed by atoms with Crippen molar-refractivity contribution >= 4 is 5.96 Å². The van der Waals surface area contributed by atoms with Crippen LogP contribution in [-0.4, -0.2) is 38.4 Å². The van der Waals surface area contributed by atoms with Gasteiger partial charge in [0.1, 0.15) is 5.60 Å². The molecule has 162 valence electrons. The van der Waals surface area contributed by atoms with Gasteiger partial charge in [0.2, 0.25) is 0 Å². The molecule has 1 unspecified atom stereocenters. The van der Waals surface area contributed by atoms with Gasteiger partial charge in [-0.25, -0.2) is 4.99 Å². The van der Waals surface area contributed by atoms with E-state index < -0.39 is 5.60 Å². The van der Waals surface area contributed by atoms with Gasteiger partial charge in [-0.2, -0.15) is 0 Å². The Balaban J connectivity index is 2.17. The quantitative estimate of drug-likeness (QED) is 0.317. The van der Waals surface area contributed by atoms with Crippen LogP contribution in [0.5, 0.6) is 11.5 Å². The molecule has 0 fully saturated rings. The van der Waals surface area contributed by atoms with Crippen molar-refractivity contribution in [3.8, 4) is 11.5 Å². The standard InChI is InChI=1S/C24H33N3O3/c1-6-11-19-14-18(15-21(29-4)22(19)30-5)16-26-23(25-7-2)27-17-24(3,28)20-12-9-8-10-13-20/h6,8-10,12-15,28H,1,7,11,16-17H2,2-5H3,(H2,25,26,27). The molecule has 0 aliphatic carbocycles. The van der Waals surface area contributed by atoms with Crippen LogP contribution < -0.4 is 20.1 Å². The summed E-state index contributed by atoms with van der Waals surface area (Å²) in [7, 11) is 3.26. The summed E-state index contributed by atoms with van der Waals surface area (Å²) in [5.41, 5.74) is 1.83. The van der Waals surface area contributed by atoms with Crippen molar-refractivity contribution in [2.24, 2.45) is 4.99 Å². The van der Waals surface area contributed by atoms with Crippen LogP contribution in [0.3, 0.4) is 0 Å². The first-order chi connectivity index (χ1) is 14.4. The number of ether oxygens (including phenoxy) is 2. The lowest BCUT2D eigenvalue weighted by atomic mass is 9.96. The summed E-state index contributed by atoms with van der Waals surface area (Å²) in [6, 6.07) is 13.6. The van der Waals surface area contributed by atoms with Crippen LogP contribution in [-0.2, 0) is 18.6 Å². The first-order valence-corrected chi connectivity index (χ1v) is 10.1. The van der Waals surface area contributed by atoms with E-state index in [0.717, 1.165) is 16.7 Å². The zero-order valence-electron chi connectivity index (χ0n) is 18.4. The first-order valence-electron chi connectivity index (χ1n) is 10.1. The van der Waals surface area contributed by atoms with E-state index in [0.29, 0.717) is 43.5 Å². The molecular formula is C24H33N3O3. The summed E-state index contributed by atoms with van der Waals surface area (Å²) in [5.74, 6) is 2.02. The van der Waals surface area contributed by atoms with Crippen LogP contribution in [0.4, 0.5) is 0 Å². The Morgan fingerprint density at radius 2 is 1.90 bits per heavy atom. The molecule has 0 amide bonds. The number of aliphatic imine (C=N–C) groups is 1. The number of hydrogen-bond donors (Lipinski definition) is 3. The van der Waals surface area contributed by atoms with E-state index in [4.69, 9.17) is 9.47 Å². The maximum atomic E-state index is 10.8. The number of guanidine groups is 1. The van der Waals surface area contributed by atoms with Crippen molar-refractivity contribution in [2.45, 2.75) is 32.4 Å². The summed E-state index contributed by atoms with van der Waals surface area (Å²) < 4.78 is 11.0. The van der Waals surface area contributed by atoms with Crippen LogP contribution in [0.25, 0.3) is 0 Å². The SMILES string of the molecule is C=CCc1cc(CN=C(NCC)NCC(C)(O)c2ccccc2)cc(OC)c1OC. The molecule has 6 nitrogen and oxygen atoms in total. The molecule has 0 saturated carbocycles. The van der Waals surface area contributed by atoms with Crippen LogP contribution in [0.2, 0.25) is 0 Å². The molecule has 2 aromatic carbocycles. The smallest absolute Gasteiger partial charge is 0.191 e. The van der Waals surface area contributed by atoms with Crippen LogP contribution in [0, 0.1) is 0 Å². The molecule has 0 aliphatic rings. The van der Waals surface area contributed by atoms with Crippen molar-refractivity contribution in [2.75, 3.05) is 27.3 Å². The van der Waals surface area contributed by atoms with Gasteiger partial charge < -0.3 is 25.2 Å². The molecule has 2 rings (SSSR count). The summed E-state index contributed by atoms with van der Waals surface area (Å²) in [5, 5.41) is 17.3. The average molecular weight is 412 g/mol. The molecular weight excluding hydrogens is 378 g/mol. The molecule has 6 heteroatoms. The number of hydrogen-bond acceptors (Lipinski definition) is 4. The minimum atomic E-state index is -1.02. The van der Waals surface area contributed by atoms with Crippen LogP contribution >= 0.6 is 0 Å². The number of nitrogens with zero attached hydrogens (tertiary/aromatic N) is 1. The molecule has 0 radical (unpaired) electrons. The predicted molar refractivity (Wildman–Crippen MR) is 122 cm³/mol. The van der Waals surface area contributed by atoms with E-state index >= 15 is 0 Å². The lowest BCUT2D eigenvalue weighted by Crippen LogP contribution is -2.44. The van der Waals surface area contributed by atoms with Crippen LogP contribution in [0.1, 0.15) is 30.5 Å². The maximum absolute atomic E-state index is 10.8. The van der Waals surface area contributed by atoms with E-state index in [2.05, 4.69) is 28.3 Å². The normalized spacial score (nSPS) is 13.3. The van der Waals surface area contributed by atoms with Crippen molar-refractivity contribution in [1.29, 1.82) is 0 Å². The van der Waals surface area contributed by atoms with Crippen molar-refractivity contribution < 1.29 is 14.6 Å². The van der Waals surface area contributed by atoms with Gasteiger partial charge in [-0.3, -0.25) is 0 Å². The lowest BCUT2D eigenvalue weighted by molar-refractivity contribution is 0.0617. The van der Waals surface area contributed by atoms with Gasteiger partial charge in [-0.1, -0.05) is 36.4 Å². The average Bonchev–Trinajstić information content (AvgIpc) is 2.76. The maximum Gasteiger partial charge on any atom is 0.191 e. The van der Waals surface area contributed by atoms with E-state index in [1.54, 1.807) is 21.1 Å². The summed E-state index contributed by atoms with van der Waals surface area (Å²) >= 11 is 0. The lowest BCUT2D eigenvalue weighted by Gasteiger charge is -2.25. The Hall–Kier alpha value is -2.99. The number of benzene rings is 2. The highest BCUT2D eigenvalue weighted by Gasteiger charge is 2.23. The minimum absolute atomic E-state index is 0.330. The second kappa shape index (κ2) is 11.3. The number of allylic oxidation sites excluding steroid dienone is 1. The Morgan fingerprint density at radius 3 is 2.50 bits per heavy atom. The fourth-order valence-corrected chi connectivity index (χ4v) is 3.17. The van der Waals surface area contributed by atoms with E-state index in [9.17, 15) is 5.11 Å². The molecule has 0 spiro atoms. The van der Waals surface area contributed by atoms with Crippen molar-refractivity contribution in [3.05, 3.63) is 71.8 Å². The van der Waals surface area contributed by atoms with Gasteiger partial charge in [0.15, 0.2) is 17.5 Å². The topological polar surface area (TPSA) is 75.1 Å². The molecule has 30 heavy (non-hydrogen) atoms. The van der Waals surface area contributed by atoms with E-state index in [1.807, 2.05) is 49.4 Å². The number of methoxy groups -OCH3 is 2. The number of rotatable bonds is 10. The summed E-state index contributed by atoms with van der Waals surface area (Å²) in [4.78, 5) is 4.67. The largest absolute Gasteiger partial charge is 0.493 e. The number of nitrogens with one attached hydrogen (secondary N) is 2. The van der Waals surface area contributed by atoms with E-state index in [-0.39, 0.29) is 0 Å². The second-order valence-corrected chi connectivity index (χ2v) is 7.17. The van der Waals surface area contributed by atoms with E-state index in [1.165, 1.54) is 0 Å². The summed E-state index contributed by atoms with van der Waals surface area (Å²) in [6.07, 6.45) is 2.51. The highest BCUT2D eigenvalue weighted by Crippen LogP contribution is 2.33. The van der Waals surface area contributed by atoms with Gasteiger partial charge in [0.25, 0.3) is 0 Å². The minimum Gasteiger partial charge on any atom is -0.493 e. The van der Waals surface area contributed by atoms with Gasteiger partial charge in [-0.15, -0.1) is 6.58 Å². The van der Waals surface area contributed by atoms with Crippen molar-refractivity contribution in [1.82, 2.24) is 10.6 Å². The fraction of sp³-hybridized carbons (Fsp3) is 0.375. The molecule has 0 bridgehead atoms. The van der Waals surface area contributed by atoms with Crippen molar-refractivity contribution in [3.63, 3.8) is 0 Å². The van der Waals surface area contributed by atoms with Gasteiger partial charge in [0, 0.05) is 12.1 Å². The zero-order chi connectivity index (χ0) is 22.0. The molecule has 0 saturated heterocycles. The van der Waals surface area contributed by atoms with Gasteiger partial charge in [0.05, 0.1) is 27.3 Å².